The summed E-state index contributed by atoms with van der Waals surface area (Å²) in [5, 5.41) is 13.1. The molecule has 2 heterocycles. The van der Waals surface area contributed by atoms with Gasteiger partial charge in [0.1, 0.15) is 11.6 Å². The van der Waals surface area contributed by atoms with Crippen molar-refractivity contribution in [3.8, 4) is 5.69 Å². The maximum Gasteiger partial charge on any atom is 0.356 e. The third-order valence-electron chi connectivity index (χ3n) is 2.09. The number of carbonyl (C=O) groups is 1. The number of carboxylic acid groups (broad SMARTS) is 1. The predicted octanol–water partition coefficient (Wildman–Crippen LogP) is 0.977. The van der Waals surface area contributed by atoms with Crippen molar-refractivity contribution >= 4 is 5.97 Å². The molecule has 0 aliphatic heterocycles. The van der Waals surface area contributed by atoms with Crippen molar-refractivity contribution in [1.29, 1.82) is 0 Å². The number of hydrogen-bond donors (Lipinski definition) is 1. The van der Waals surface area contributed by atoms with Gasteiger partial charge in [-0.2, -0.15) is 5.10 Å². The van der Waals surface area contributed by atoms with Crippen LogP contribution in [0.4, 0.5) is 0 Å². The Bertz CT molecular complexity index is 548. The molecule has 82 valence electrons. The molecule has 16 heavy (non-hydrogen) atoms. The van der Waals surface area contributed by atoms with E-state index in [1.54, 1.807) is 26.0 Å². The maximum absolute atomic E-state index is 11.0. The van der Waals surface area contributed by atoms with E-state index in [-0.39, 0.29) is 5.69 Å². The summed E-state index contributed by atoms with van der Waals surface area (Å²) in [6.07, 6.45) is 1.44. The van der Waals surface area contributed by atoms with E-state index in [1.807, 2.05) is 0 Å². The molecule has 0 amide bonds. The van der Waals surface area contributed by atoms with Gasteiger partial charge in [0.05, 0.1) is 5.69 Å². The number of pyridine rings is 1. The van der Waals surface area contributed by atoms with Crippen LogP contribution in [0, 0.1) is 13.8 Å². The largest absolute Gasteiger partial charge is 0.476 e. The van der Waals surface area contributed by atoms with Crippen LogP contribution in [0.15, 0.2) is 18.3 Å². The Hall–Kier alpha value is -2.24. The van der Waals surface area contributed by atoms with Gasteiger partial charge in [0, 0.05) is 6.20 Å². The molecule has 0 atom stereocenters. The standard InChI is InChI=1S/C10H10N4O2/c1-6-12-7(2)14(13-6)8-4-3-5-11-9(8)10(15)16/h3-5H,1-2H3,(H,15,16). The molecule has 0 saturated heterocycles. The molecular formula is C10H10N4O2. The van der Waals surface area contributed by atoms with Gasteiger partial charge < -0.3 is 5.11 Å². The second kappa shape index (κ2) is 3.73. The lowest BCUT2D eigenvalue weighted by atomic mass is 10.3. The summed E-state index contributed by atoms with van der Waals surface area (Å²) in [4.78, 5) is 18.9. The van der Waals surface area contributed by atoms with Crippen LogP contribution in [-0.2, 0) is 0 Å². The average molecular weight is 218 g/mol. The van der Waals surface area contributed by atoms with Gasteiger partial charge in [0.2, 0.25) is 0 Å². The van der Waals surface area contributed by atoms with Crippen molar-refractivity contribution in [2.45, 2.75) is 13.8 Å². The highest BCUT2D eigenvalue weighted by molar-refractivity contribution is 5.89. The third kappa shape index (κ3) is 1.65. The lowest BCUT2D eigenvalue weighted by Gasteiger charge is -2.05. The molecule has 0 aliphatic carbocycles. The van der Waals surface area contributed by atoms with Gasteiger partial charge in [-0.05, 0) is 26.0 Å². The van der Waals surface area contributed by atoms with Crippen LogP contribution in [0.3, 0.4) is 0 Å². The highest BCUT2D eigenvalue weighted by atomic mass is 16.4. The summed E-state index contributed by atoms with van der Waals surface area (Å²) in [7, 11) is 0. The second-order valence-electron chi connectivity index (χ2n) is 3.29. The van der Waals surface area contributed by atoms with Gasteiger partial charge in [-0.15, -0.1) is 0 Å². The molecule has 0 saturated carbocycles. The number of carboxylic acids is 1. The molecule has 0 radical (unpaired) electrons. The van der Waals surface area contributed by atoms with Crippen molar-refractivity contribution in [1.82, 2.24) is 19.7 Å². The van der Waals surface area contributed by atoms with E-state index >= 15 is 0 Å². The molecule has 2 aromatic rings. The van der Waals surface area contributed by atoms with E-state index < -0.39 is 5.97 Å². The zero-order valence-electron chi connectivity index (χ0n) is 8.88. The van der Waals surface area contributed by atoms with Crippen LogP contribution in [0.25, 0.3) is 5.69 Å². The number of nitrogens with zero attached hydrogens (tertiary/aromatic N) is 4. The van der Waals surface area contributed by atoms with E-state index in [4.69, 9.17) is 5.11 Å². The first kappa shape index (κ1) is 10.3. The monoisotopic (exact) mass is 218 g/mol. The van der Waals surface area contributed by atoms with Crippen LogP contribution in [0.1, 0.15) is 22.1 Å². The molecule has 0 unspecified atom stereocenters. The predicted molar refractivity (Wildman–Crippen MR) is 55.6 cm³/mol. The highest BCUT2D eigenvalue weighted by Crippen LogP contribution is 2.12. The van der Waals surface area contributed by atoms with Gasteiger partial charge >= 0.3 is 5.97 Å². The van der Waals surface area contributed by atoms with Gasteiger partial charge in [-0.25, -0.2) is 19.4 Å². The van der Waals surface area contributed by atoms with Crippen molar-refractivity contribution in [2.75, 3.05) is 0 Å². The first-order valence-corrected chi connectivity index (χ1v) is 4.68. The summed E-state index contributed by atoms with van der Waals surface area (Å²) in [5.74, 6) is 0.147. The summed E-state index contributed by atoms with van der Waals surface area (Å²) >= 11 is 0. The molecule has 1 N–H and O–H groups in total. The van der Waals surface area contributed by atoms with Crippen molar-refractivity contribution in [2.24, 2.45) is 0 Å². The summed E-state index contributed by atoms with van der Waals surface area (Å²) in [6.45, 7) is 3.51. The van der Waals surface area contributed by atoms with E-state index in [2.05, 4.69) is 15.1 Å². The molecule has 6 nitrogen and oxygen atoms in total. The minimum Gasteiger partial charge on any atom is -0.476 e. The van der Waals surface area contributed by atoms with Crippen LogP contribution in [-0.4, -0.2) is 30.8 Å². The van der Waals surface area contributed by atoms with E-state index in [1.165, 1.54) is 10.9 Å². The fourth-order valence-corrected chi connectivity index (χ4v) is 1.48. The third-order valence-corrected chi connectivity index (χ3v) is 2.09. The maximum atomic E-state index is 11.0. The Kier molecular flexibility index (Phi) is 2.40. The minimum absolute atomic E-state index is 0.0319. The number of aromatic carboxylic acids is 1. The summed E-state index contributed by atoms with van der Waals surface area (Å²) in [5.41, 5.74) is 0.392. The molecule has 2 aromatic heterocycles. The zero-order chi connectivity index (χ0) is 11.7. The SMILES string of the molecule is Cc1nc(C)n(-c2cccnc2C(=O)O)n1. The second-order valence-corrected chi connectivity index (χ2v) is 3.29. The molecule has 6 heteroatoms. The Morgan fingerprint density at radius 1 is 1.44 bits per heavy atom. The van der Waals surface area contributed by atoms with Crippen LogP contribution < -0.4 is 0 Å². The molecular weight excluding hydrogens is 208 g/mol. The van der Waals surface area contributed by atoms with Crippen molar-refractivity contribution < 1.29 is 9.90 Å². The van der Waals surface area contributed by atoms with Gasteiger partial charge in [-0.1, -0.05) is 0 Å². The van der Waals surface area contributed by atoms with E-state index in [0.717, 1.165) is 0 Å². The van der Waals surface area contributed by atoms with Crippen molar-refractivity contribution in [3.63, 3.8) is 0 Å². The quantitative estimate of drug-likeness (QED) is 0.812. The molecule has 0 aliphatic rings. The Labute approximate surface area is 91.6 Å². The first-order valence-electron chi connectivity index (χ1n) is 4.68. The number of hydrogen-bond acceptors (Lipinski definition) is 4. The molecule has 0 fully saturated rings. The zero-order valence-corrected chi connectivity index (χ0v) is 8.88. The molecule has 0 aromatic carbocycles. The van der Waals surface area contributed by atoms with Crippen LogP contribution in [0.2, 0.25) is 0 Å². The van der Waals surface area contributed by atoms with Gasteiger partial charge in [0.25, 0.3) is 0 Å². The lowest BCUT2D eigenvalue weighted by molar-refractivity contribution is 0.0690. The fraction of sp³-hybridized carbons (Fsp3) is 0.200. The van der Waals surface area contributed by atoms with Crippen molar-refractivity contribution in [3.05, 3.63) is 35.7 Å². The first-order chi connectivity index (χ1) is 7.59. The van der Waals surface area contributed by atoms with Crippen LogP contribution in [0.5, 0.6) is 0 Å². The minimum atomic E-state index is -1.08. The smallest absolute Gasteiger partial charge is 0.356 e. The average Bonchev–Trinajstić information content (AvgIpc) is 2.57. The fourth-order valence-electron chi connectivity index (χ4n) is 1.48. The topological polar surface area (TPSA) is 80.9 Å². The number of rotatable bonds is 2. The summed E-state index contributed by atoms with van der Waals surface area (Å²) in [6, 6.07) is 3.32. The number of aryl methyl sites for hydroxylation is 2. The molecule has 2 rings (SSSR count). The Morgan fingerprint density at radius 2 is 2.19 bits per heavy atom. The Morgan fingerprint density at radius 3 is 2.75 bits per heavy atom. The highest BCUT2D eigenvalue weighted by Gasteiger charge is 2.15. The Balaban J connectivity index is 2.64. The lowest BCUT2D eigenvalue weighted by Crippen LogP contribution is -2.09. The molecule has 0 spiro atoms. The summed E-state index contributed by atoms with van der Waals surface area (Å²) < 4.78 is 1.48. The van der Waals surface area contributed by atoms with Gasteiger partial charge in [0.15, 0.2) is 5.69 Å². The number of aromatic nitrogens is 4. The normalized spacial score (nSPS) is 10.4. The van der Waals surface area contributed by atoms with Gasteiger partial charge in [-0.3, -0.25) is 0 Å². The molecule has 0 bridgehead atoms. The van der Waals surface area contributed by atoms with Crippen LogP contribution >= 0.6 is 0 Å². The van der Waals surface area contributed by atoms with E-state index in [0.29, 0.717) is 17.3 Å². The van der Waals surface area contributed by atoms with E-state index in [9.17, 15) is 4.79 Å².